The first-order valence-electron chi connectivity index (χ1n) is 6.59. The Labute approximate surface area is 126 Å². The molecule has 0 saturated carbocycles. The number of anilines is 2. The number of rotatable bonds is 6. The maximum atomic E-state index is 11.2. The molecule has 2 N–H and O–H groups in total. The molecule has 0 amide bonds. The van der Waals surface area contributed by atoms with Crippen LogP contribution in [-0.4, -0.2) is 21.4 Å². The second-order valence-electron chi connectivity index (χ2n) is 4.50. The number of hydrogen-bond donors (Lipinski definition) is 2. The molecule has 7 nitrogen and oxygen atoms in total. The van der Waals surface area contributed by atoms with Gasteiger partial charge in [0, 0.05) is 11.4 Å². The van der Waals surface area contributed by atoms with Gasteiger partial charge in [-0.1, -0.05) is 6.07 Å². The zero-order valence-corrected chi connectivity index (χ0v) is 12.9. The summed E-state index contributed by atoms with van der Waals surface area (Å²) in [4.78, 5) is 20.2. The SMILES string of the molecule is CCNc1nc(C)c([N+](=O)[O-])c(NC(C)c2cccs2)n1. The highest BCUT2D eigenvalue weighted by atomic mass is 32.1. The van der Waals surface area contributed by atoms with E-state index in [0.717, 1.165) is 4.88 Å². The Morgan fingerprint density at radius 2 is 2.24 bits per heavy atom. The third-order valence-electron chi connectivity index (χ3n) is 2.90. The normalized spacial score (nSPS) is 12.0. The summed E-state index contributed by atoms with van der Waals surface area (Å²) in [7, 11) is 0. The molecular weight excluding hydrogens is 290 g/mol. The van der Waals surface area contributed by atoms with E-state index >= 15 is 0 Å². The fourth-order valence-electron chi connectivity index (χ4n) is 1.94. The van der Waals surface area contributed by atoms with Gasteiger partial charge in [0.05, 0.1) is 11.0 Å². The number of thiophene rings is 1. The van der Waals surface area contributed by atoms with E-state index in [2.05, 4.69) is 20.6 Å². The highest BCUT2D eigenvalue weighted by Gasteiger charge is 2.23. The van der Waals surface area contributed by atoms with Crippen molar-refractivity contribution < 1.29 is 4.92 Å². The van der Waals surface area contributed by atoms with Gasteiger partial charge in [0.2, 0.25) is 11.8 Å². The first-order chi connectivity index (χ1) is 10.0. The van der Waals surface area contributed by atoms with E-state index in [9.17, 15) is 10.1 Å². The maximum Gasteiger partial charge on any atom is 0.332 e. The van der Waals surface area contributed by atoms with Crippen LogP contribution in [0.1, 0.15) is 30.5 Å². The minimum Gasteiger partial charge on any atom is -0.357 e. The maximum absolute atomic E-state index is 11.2. The number of nitrogens with one attached hydrogen (secondary N) is 2. The van der Waals surface area contributed by atoms with Crippen molar-refractivity contribution in [2.75, 3.05) is 17.2 Å². The molecule has 0 aliphatic rings. The number of aromatic nitrogens is 2. The highest BCUT2D eigenvalue weighted by Crippen LogP contribution is 2.30. The summed E-state index contributed by atoms with van der Waals surface area (Å²) in [6, 6.07) is 3.86. The molecule has 0 radical (unpaired) electrons. The average molecular weight is 307 g/mol. The molecule has 2 aromatic heterocycles. The molecular formula is C13H17N5O2S. The highest BCUT2D eigenvalue weighted by molar-refractivity contribution is 7.10. The van der Waals surface area contributed by atoms with Gasteiger partial charge in [0.25, 0.3) is 0 Å². The molecule has 1 atom stereocenters. The van der Waals surface area contributed by atoms with E-state index in [0.29, 0.717) is 18.2 Å². The lowest BCUT2D eigenvalue weighted by Gasteiger charge is -2.14. The van der Waals surface area contributed by atoms with E-state index in [-0.39, 0.29) is 17.5 Å². The van der Waals surface area contributed by atoms with Gasteiger partial charge in [0.1, 0.15) is 5.69 Å². The van der Waals surface area contributed by atoms with Crippen molar-refractivity contribution in [1.29, 1.82) is 0 Å². The summed E-state index contributed by atoms with van der Waals surface area (Å²) >= 11 is 1.59. The van der Waals surface area contributed by atoms with Crippen molar-refractivity contribution in [2.45, 2.75) is 26.8 Å². The fourth-order valence-corrected chi connectivity index (χ4v) is 2.67. The minimum atomic E-state index is -0.450. The van der Waals surface area contributed by atoms with E-state index < -0.39 is 4.92 Å². The van der Waals surface area contributed by atoms with E-state index in [1.165, 1.54) is 0 Å². The summed E-state index contributed by atoms with van der Waals surface area (Å²) in [6.07, 6.45) is 0. The Hall–Kier alpha value is -2.22. The molecule has 0 fully saturated rings. The lowest BCUT2D eigenvalue weighted by molar-refractivity contribution is -0.385. The fraction of sp³-hybridized carbons (Fsp3) is 0.385. The minimum absolute atomic E-state index is 0.0625. The summed E-state index contributed by atoms with van der Waals surface area (Å²) in [5.41, 5.74) is 0.256. The molecule has 8 heteroatoms. The zero-order chi connectivity index (χ0) is 15.4. The predicted molar refractivity (Wildman–Crippen MR) is 83.9 cm³/mol. The van der Waals surface area contributed by atoms with Crippen LogP contribution in [0.2, 0.25) is 0 Å². The molecule has 0 bridgehead atoms. The number of nitrogens with zero attached hydrogens (tertiary/aromatic N) is 3. The third kappa shape index (κ3) is 3.46. The first-order valence-corrected chi connectivity index (χ1v) is 7.47. The van der Waals surface area contributed by atoms with Crippen molar-refractivity contribution >= 4 is 28.8 Å². The molecule has 0 spiro atoms. The Kier molecular flexibility index (Phi) is 4.69. The summed E-state index contributed by atoms with van der Waals surface area (Å²) in [5, 5.41) is 19.3. The average Bonchev–Trinajstić information content (AvgIpc) is 2.91. The van der Waals surface area contributed by atoms with Gasteiger partial charge in [-0.15, -0.1) is 11.3 Å². The molecule has 2 rings (SSSR count). The van der Waals surface area contributed by atoms with Crippen molar-refractivity contribution in [3.05, 3.63) is 38.2 Å². The summed E-state index contributed by atoms with van der Waals surface area (Å²) in [5.74, 6) is 0.630. The van der Waals surface area contributed by atoms with Crippen LogP contribution >= 0.6 is 11.3 Å². The van der Waals surface area contributed by atoms with Crippen LogP contribution in [0, 0.1) is 17.0 Å². The Morgan fingerprint density at radius 1 is 1.48 bits per heavy atom. The van der Waals surface area contributed by atoms with Gasteiger partial charge >= 0.3 is 5.69 Å². The number of aryl methyl sites for hydroxylation is 1. The molecule has 112 valence electrons. The lowest BCUT2D eigenvalue weighted by atomic mass is 10.2. The molecule has 0 aromatic carbocycles. The molecule has 21 heavy (non-hydrogen) atoms. The van der Waals surface area contributed by atoms with Crippen LogP contribution in [0.4, 0.5) is 17.5 Å². The number of nitro groups is 1. The van der Waals surface area contributed by atoms with E-state index in [4.69, 9.17) is 0 Å². The van der Waals surface area contributed by atoms with Crippen LogP contribution < -0.4 is 10.6 Å². The summed E-state index contributed by atoms with van der Waals surface area (Å²) in [6.45, 7) is 6.13. The lowest BCUT2D eigenvalue weighted by Crippen LogP contribution is -2.13. The van der Waals surface area contributed by atoms with Gasteiger partial charge < -0.3 is 10.6 Å². The monoisotopic (exact) mass is 307 g/mol. The molecule has 0 aliphatic heterocycles. The van der Waals surface area contributed by atoms with Crippen LogP contribution in [-0.2, 0) is 0 Å². The smallest absolute Gasteiger partial charge is 0.332 e. The molecule has 0 saturated heterocycles. The number of hydrogen-bond acceptors (Lipinski definition) is 7. The van der Waals surface area contributed by atoms with Crippen LogP contribution in [0.5, 0.6) is 0 Å². The molecule has 1 unspecified atom stereocenters. The van der Waals surface area contributed by atoms with E-state index in [1.54, 1.807) is 18.3 Å². The first kappa shape index (κ1) is 15.2. The Balaban J connectivity index is 2.37. The standard InChI is InChI=1S/C13H17N5O2S/c1-4-14-13-16-9(3)11(18(19)20)12(17-13)15-8(2)10-6-5-7-21-10/h5-8H,4H2,1-3H3,(H2,14,15,16,17). The Bertz CT molecular complexity index is 630. The van der Waals surface area contributed by atoms with Gasteiger partial charge in [-0.3, -0.25) is 10.1 Å². The van der Waals surface area contributed by atoms with Gasteiger partial charge in [-0.2, -0.15) is 4.98 Å². The largest absolute Gasteiger partial charge is 0.357 e. The molecule has 2 heterocycles. The van der Waals surface area contributed by atoms with Gasteiger partial charge in [-0.25, -0.2) is 4.98 Å². The predicted octanol–water partition coefficient (Wildman–Crippen LogP) is 3.36. The quantitative estimate of drug-likeness (QED) is 0.628. The van der Waals surface area contributed by atoms with Gasteiger partial charge in [-0.05, 0) is 32.2 Å². The van der Waals surface area contributed by atoms with Crippen molar-refractivity contribution in [3.63, 3.8) is 0 Å². The second kappa shape index (κ2) is 6.49. The van der Waals surface area contributed by atoms with Crippen LogP contribution in [0.25, 0.3) is 0 Å². The molecule has 0 aliphatic carbocycles. The third-order valence-corrected chi connectivity index (χ3v) is 3.95. The summed E-state index contributed by atoms with van der Waals surface area (Å²) < 4.78 is 0. The van der Waals surface area contributed by atoms with Crippen molar-refractivity contribution in [3.8, 4) is 0 Å². The molecule has 2 aromatic rings. The topological polar surface area (TPSA) is 93.0 Å². The van der Waals surface area contributed by atoms with Crippen molar-refractivity contribution in [1.82, 2.24) is 9.97 Å². The second-order valence-corrected chi connectivity index (χ2v) is 5.48. The van der Waals surface area contributed by atoms with Gasteiger partial charge in [0.15, 0.2) is 0 Å². The zero-order valence-electron chi connectivity index (χ0n) is 12.1. The van der Waals surface area contributed by atoms with Crippen LogP contribution in [0.3, 0.4) is 0 Å². The van der Waals surface area contributed by atoms with E-state index in [1.807, 2.05) is 31.4 Å². The van der Waals surface area contributed by atoms with Crippen molar-refractivity contribution in [2.24, 2.45) is 0 Å². The van der Waals surface area contributed by atoms with Crippen LogP contribution in [0.15, 0.2) is 17.5 Å². The Morgan fingerprint density at radius 3 is 2.81 bits per heavy atom.